The quantitative estimate of drug-likeness (QED) is 0.849. The Kier molecular flexibility index (Phi) is 6.04. The number of β-amino-alcohol motifs (C(OH)–C–C–N with tert-alkyl or cyclic N) is 1. The van der Waals surface area contributed by atoms with Gasteiger partial charge in [-0.1, -0.05) is 30.3 Å². The van der Waals surface area contributed by atoms with Gasteiger partial charge < -0.3 is 15.2 Å². The lowest BCUT2D eigenvalue weighted by Gasteiger charge is -2.29. The molecule has 1 heterocycles. The number of piperidine rings is 1. The summed E-state index contributed by atoms with van der Waals surface area (Å²) in [4.78, 5) is 14.1. The SMILES string of the molecule is O=C(CN1CCCC(O)C1)Nc1ccc(OCc2ccccc2)cc1. The van der Waals surface area contributed by atoms with Gasteiger partial charge in [-0.3, -0.25) is 9.69 Å². The molecule has 2 aromatic carbocycles. The molecule has 0 radical (unpaired) electrons. The Labute approximate surface area is 148 Å². The van der Waals surface area contributed by atoms with Crippen LogP contribution in [0.5, 0.6) is 5.75 Å². The van der Waals surface area contributed by atoms with Crippen LogP contribution < -0.4 is 10.1 Å². The van der Waals surface area contributed by atoms with Gasteiger partial charge in [0, 0.05) is 12.2 Å². The average molecular weight is 340 g/mol. The summed E-state index contributed by atoms with van der Waals surface area (Å²) in [6.07, 6.45) is 1.44. The summed E-state index contributed by atoms with van der Waals surface area (Å²) >= 11 is 0. The highest BCUT2D eigenvalue weighted by Crippen LogP contribution is 2.17. The molecule has 1 unspecified atom stereocenters. The molecule has 132 valence electrons. The average Bonchev–Trinajstić information content (AvgIpc) is 2.62. The topological polar surface area (TPSA) is 61.8 Å². The number of carbonyl (C=O) groups excluding carboxylic acids is 1. The highest BCUT2D eigenvalue weighted by atomic mass is 16.5. The van der Waals surface area contributed by atoms with Gasteiger partial charge in [0.1, 0.15) is 12.4 Å². The van der Waals surface area contributed by atoms with Gasteiger partial charge in [0.2, 0.25) is 5.91 Å². The monoisotopic (exact) mass is 340 g/mol. The van der Waals surface area contributed by atoms with Crippen molar-refractivity contribution in [3.8, 4) is 5.75 Å². The van der Waals surface area contributed by atoms with Gasteiger partial charge in [-0.15, -0.1) is 0 Å². The highest BCUT2D eigenvalue weighted by molar-refractivity contribution is 5.92. The van der Waals surface area contributed by atoms with Crippen molar-refractivity contribution >= 4 is 11.6 Å². The number of benzene rings is 2. The molecule has 5 heteroatoms. The molecule has 1 aliphatic heterocycles. The second-order valence-corrected chi connectivity index (χ2v) is 6.38. The number of anilines is 1. The van der Waals surface area contributed by atoms with Crippen LogP contribution in [0.1, 0.15) is 18.4 Å². The summed E-state index contributed by atoms with van der Waals surface area (Å²) in [6.45, 7) is 2.25. The van der Waals surface area contributed by atoms with Gasteiger partial charge in [0.05, 0.1) is 12.6 Å². The molecule has 2 N–H and O–H groups in total. The molecule has 1 amide bonds. The largest absolute Gasteiger partial charge is 0.489 e. The molecule has 0 aliphatic carbocycles. The smallest absolute Gasteiger partial charge is 0.238 e. The fourth-order valence-electron chi connectivity index (χ4n) is 2.95. The molecule has 25 heavy (non-hydrogen) atoms. The first-order chi connectivity index (χ1) is 12.2. The van der Waals surface area contributed by atoms with Gasteiger partial charge in [0.25, 0.3) is 0 Å². The third kappa shape index (κ3) is 5.59. The van der Waals surface area contributed by atoms with Crippen molar-refractivity contribution in [2.75, 3.05) is 25.0 Å². The van der Waals surface area contributed by atoms with Gasteiger partial charge >= 0.3 is 0 Å². The summed E-state index contributed by atoms with van der Waals surface area (Å²) in [5, 5.41) is 12.5. The van der Waals surface area contributed by atoms with Crippen LogP contribution in [0.25, 0.3) is 0 Å². The second-order valence-electron chi connectivity index (χ2n) is 6.38. The molecule has 0 bridgehead atoms. The third-order valence-electron chi connectivity index (χ3n) is 4.23. The fourth-order valence-corrected chi connectivity index (χ4v) is 2.95. The maximum Gasteiger partial charge on any atom is 0.238 e. The van der Waals surface area contributed by atoms with Crippen molar-refractivity contribution in [3.63, 3.8) is 0 Å². The summed E-state index contributed by atoms with van der Waals surface area (Å²) in [7, 11) is 0. The molecule has 1 fully saturated rings. The number of amides is 1. The number of aliphatic hydroxyl groups excluding tert-OH is 1. The molecular weight excluding hydrogens is 316 g/mol. The minimum Gasteiger partial charge on any atom is -0.489 e. The molecule has 1 aliphatic rings. The summed E-state index contributed by atoms with van der Waals surface area (Å²) in [5.74, 6) is 0.702. The first kappa shape index (κ1) is 17.5. The highest BCUT2D eigenvalue weighted by Gasteiger charge is 2.19. The van der Waals surface area contributed by atoms with Crippen molar-refractivity contribution in [2.45, 2.75) is 25.6 Å². The van der Waals surface area contributed by atoms with Crippen LogP contribution in [0.4, 0.5) is 5.69 Å². The minimum absolute atomic E-state index is 0.0629. The van der Waals surface area contributed by atoms with Crippen LogP contribution in [-0.2, 0) is 11.4 Å². The molecule has 1 atom stereocenters. The number of nitrogens with one attached hydrogen (secondary N) is 1. The van der Waals surface area contributed by atoms with Gasteiger partial charge in [-0.2, -0.15) is 0 Å². The van der Waals surface area contributed by atoms with E-state index in [0.717, 1.165) is 36.4 Å². The van der Waals surface area contributed by atoms with Crippen LogP contribution in [0, 0.1) is 0 Å². The number of aliphatic hydroxyl groups is 1. The fraction of sp³-hybridized carbons (Fsp3) is 0.350. The number of carbonyl (C=O) groups is 1. The second kappa shape index (κ2) is 8.65. The molecule has 1 saturated heterocycles. The van der Waals surface area contributed by atoms with E-state index in [-0.39, 0.29) is 12.0 Å². The van der Waals surface area contributed by atoms with E-state index in [0.29, 0.717) is 19.7 Å². The third-order valence-corrected chi connectivity index (χ3v) is 4.23. The molecular formula is C20H24N2O3. The van der Waals surface area contributed by atoms with Crippen molar-refractivity contribution in [1.29, 1.82) is 0 Å². The number of hydrogen-bond acceptors (Lipinski definition) is 4. The molecule has 0 spiro atoms. The van der Waals surface area contributed by atoms with Gasteiger partial charge in [0.15, 0.2) is 0 Å². The number of likely N-dealkylation sites (tertiary alicyclic amines) is 1. The van der Waals surface area contributed by atoms with Gasteiger partial charge in [-0.25, -0.2) is 0 Å². The lowest BCUT2D eigenvalue weighted by Crippen LogP contribution is -2.42. The summed E-state index contributed by atoms with van der Waals surface area (Å²) < 4.78 is 5.74. The molecule has 2 aromatic rings. The maximum absolute atomic E-state index is 12.1. The van der Waals surface area contributed by atoms with E-state index in [1.54, 1.807) is 0 Å². The Morgan fingerprint density at radius 2 is 1.92 bits per heavy atom. The van der Waals surface area contributed by atoms with Crippen LogP contribution in [0.3, 0.4) is 0 Å². The van der Waals surface area contributed by atoms with E-state index in [1.807, 2.05) is 59.5 Å². The van der Waals surface area contributed by atoms with E-state index in [4.69, 9.17) is 4.74 Å². The first-order valence-electron chi connectivity index (χ1n) is 8.66. The Balaban J connectivity index is 1.46. The van der Waals surface area contributed by atoms with Crippen LogP contribution >= 0.6 is 0 Å². The summed E-state index contributed by atoms with van der Waals surface area (Å²) in [6, 6.07) is 17.4. The predicted octanol–water partition coefficient (Wildman–Crippen LogP) is 2.66. The van der Waals surface area contributed by atoms with Crippen LogP contribution in [0.15, 0.2) is 54.6 Å². The van der Waals surface area contributed by atoms with Crippen molar-refractivity contribution < 1.29 is 14.6 Å². The molecule has 0 aromatic heterocycles. The Morgan fingerprint density at radius 3 is 2.64 bits per heavy atom. The number of rotatable bonds is 6. The maximum atomic E-state index is 12.1. The lowest BCUT2D eigenvalue weighted by molar-refractivity contribution is -0.118. The van der Waals surface area contributed by atoms with Gasteiger partial charge in [-0.05, 0) is 49.2 Å². The zero-order valence-corrected chi connectivity index (χ0v) is 14.2. The number of nitrogens with zero attached hydrogens (tertiary/aromatic N) is 1. The number of hydrogen-bond donors (Lipinski definition) is 2. The van der Waals surface area contributed by atoms with E-state index in [9.17, 15) is 9.90 Å². The minimum atomic E-state index is -0.317. The summed E-state index contributed by atoms with van der Waals surface area (Å²) in [5.41, 5.74) is 1.86. The Hall–Kier alpha value is -2.37. The van der Waals surface area contributed by atoms with E-state index < -0.39 is 0 Å². The lowest BCUT2D eigenvalue weighted by atomic mass is 10.1. The van der Waals surface area contributed by atoms with Crippen molar-refractivity contribution in [2.24, 2.45) is 0 Å². The van der Waals surface area contributed by atoms with E-state index in [1.165, 1.54) is 0 Å². The van der Waals surface area contributed by atoms with E-state index in [2.05, 4.69) is 5.32 Å². The predicted molar refractivity (Wildman–Crippen MR) is 97.5 cm³/mol. The molecule has 3 rings (SSSR count). The van der Waals surface area contributed by atoms with E-state index >= 15 is 0 Å². The zero-order chi connectivity index (χ0) is 17.5. The zero-order valence-electron chi connectivity index (χ0n) is 14.2. The standard InChI is InChI=1S/C20H24N2O3/c23-18-7-4-12-22(13-18)14-20(24)21-17-8-10-19(11-9-17)25-15-16-5-2-1-3-6-16/h1-3,5-6,8-11,18,23H,4,7,12-15H2,(H,21,24). The Bertz CT molecular complexity index is 673. The first-order valence-corrected chi connectivity index (χ1v) is 8.66. The Morgan fingerprint density at radius 1 is 1.16 bits per heavy atom. The van der Waals surface area contributed by atoms with Crippen LogP contribution in [0.2, 0.25) is 0 Å². The number of ether oxygens (including phenoxy) is 1. The molecule has 5 nitrogen and oxygen atoms in total. The molecule has 0 saturated carbocycles. The van der Waals surface area contributed by atoms with Crippen molar-refractivity contribution in [1.82, 2.24) is 4.90 Å². The van der Waals surface area contributed by atoms with Crippen LogP contribution in [-0.4, -0.2) is 41.7 Å². The normalized spacial score (nSPS) is 17.9. The van der Waals surface area contributed by atoms with Crippen molar-refractivity contribution in [3.05, 3.63) is 60.2 Å².